The Morgan fingerprint density at radius 2 is 2.05 bits per heavy atom. The Morgan fingerprint density at radius 3 is 2.57 bits per heavy atom. The minimum Gasteiger partial charge on any atom is -0.481 e. The second-order valence-corrected chi connectivity index (χ2v) is 6.54. The van der Waals surface area contributed by atoms with E-state index in [0.717, 1.165) is 6.54 Å². The lowest BCUT2D eigenvalue weighted by atomic mass is 10.2. The van der Waals surface area contributed by atoms with E-state index >= 15 is 0 Å². The van der Waals surface area contributed by atoms with Gasteiger partial charge >= 0.3 is 5.97 Å². The first-order valence-corrected chi connectivity index (χ1v) is 7.86. The Hall–Kier alpha value is -1.47. The fourth-order valence-electron chi connectivity index (χ4n) is 1.87. The highest BCUT2D eigenvalue weighted by Gasteiger charge is 2.16. The topological polar surface area (TPSA) is 82.5 Å². The van der Waals surface area contributed by atoms with Crippen molar-refractivity contribution in [2.24, 2.45) is 5.92 Å². The molecule has 0 saturated heterocycles. The summed E-state index contributed by atoms with van der Waals surface area (Å²) in [6.07, 6.45) is -0.127. The van der Waals surface area contributed by atoms with Crippen molar-refractivity contribution >= 4 is 28.3 Å². The van der Waals surface area contributed by atoms with Crippen molar-refractivity contribution in [3.8, 4) is 0 Å². The molecule has 0 aromatic carbocycles. The summed E-state index contributed by atoms with van der Waals surface area (Å²) in [5.74, 6) is -0.566. The van der Waals surface area contributed by atoms with Gasteiger partial charge in [0, 0.05) is 18.0 Å². The van der Waals surface area contributed by atoms with Gasteiger partial charge in [-0.05, 0) is 19.8 Å². The summed E-state index contributed by atoms with van der Waals surface area (Å²) in [7, 11) is 0. The standard InChI is InChI=1S/C14H23N3O3S/c1-9(2)6-17(10(3)4)7-12(18)16-14-15-11(8-21-14)5-13(19)20/h8-10H,5-7H2,1-4H3,(H,19,20)(H,15,16,18). The Balaban J connectivity index is 2.55. The molecule has 1 aromatic rings. The summed E-state index contributed by atoms with van der Waals surface area (Å²) in [6, 6.07) is 0.289. The molecule has 0 spiro atoms. The van der Waals surface area contributed by atoms with Gasteiger partial charge in [-0.25, -0.2) is 4.98 Å². The minimum atomic E-state index is -0.930. The van der Waals surface area contributed by atoms with E-state index in [4.69, 9.17) is 5.11 Å². The second kappa shape index (κ2) is 8.09. The molecule has 0 aliphatic heterocycles. The average Bonchev–Trinajstić information content (AvgIpc) is 2.73. The summed E-state index contributed by atoms with van der Waals surface area (Å²) in [5.41, 5.74) is 0.464. The van der Waals surface area contributed by atoms with E-state index in [9.17, 15) is 9.59 Å². The molecule has 0 radical (unpaired) electrons. The molecular weight excluding hydrogens is 290 g/mol. The number of nitrogens with one attached hydrogen (secondary N) is 1. The van der Waals surface area contributed by atoms with Gasteiger partial charge in [0.2, 0.25) is 5.91 Å². The number of aliphatic carboxylic acids is 1. The number of nitrogens with zero attached hydrogens (tertiary/aromatic N) is 2. The lowest BCUT2D eigenvalue weighted by Crippen LogP contribution is -2.40. The van der Waals surface area contributed by atoms with Gasteiger partial charge < -0.3 is 10.4 Å². The van der Waals surface area contributed by atoms with Crippen LogP contribution < -0.4 is 5.32 Å². The highest BCUT2D eigenvalue weighted by Crippen LogP contribution is 2.16. The molecule has 7 heteroatoms. The molecule has 1 aromatic heterocycles. The predicted octanol–water partition coefficient (Wildman–Crippen LogP) is 2.08. The van der Waals surface area contributed by atoms with E-state index in [1.165, 1.54) is 11.3 Å². The number of aromatic nitrogens is 1. The van der Waals surface area contributed by atoms with E-state index in [1.807, 2.05) is 0 Å². The van der Waals surface area contributed by atoms with Crippen molar-refractivity contribution in [1.82, 2.24) is 9.88 Å². The van der Waals surface area contributed by atoms with E-state index in [-0.39, 0.29) is 18.4 Å². The van der Waals surface area contributed by atoms with Crippen molar-refractivity contribution in [2.45, 2.75) is 40.2 Å². The Bertz CT molecular complexity index is 486. The number of carboxylic acids is 1. The van der Waals surface area contributed by atoms with Crippen LogP contribution in [0.3, 0.4) is 0 Å². The first-order valence-electron chi connectivity index (χ1n) is 6.98. The largest absolute Gasteiger partial charge is 0.481 e. The number of rotatable bonds is 8. The number of thiazole rings is 1. The summed E-state index contributed by atoms with van der Waals surface area (Å²) in [5, 5.41) is 13.5. The molecule has 0 aliphatic carbocycles. The molecule has 0 aliphatic rings. The monoisotopic (exact) mass is 313 g/mol. The molecule has 1 heterocycles. The van der Waals surface area contributed by atoms with Crippen LogP contribution in [0.25, 0.3) is 0 Å². The average molecular weight is 313 g/mol. The molecule has 0 atom stereocenters. The van der Waals surface area contributed by atoms with E-state index in [1.54, 1.807) is 5.38 Å². The van der Waals surface area contributed by atoms with E-state index < -0.39 is 5.97 Å². The van der Waals surface area contributed by atoms with Crippen molar-refractivity contribution in [3.63, 3.8) is 0 Å². The number of anilines is 1. The van der Waals surface area contributed by atoms with Crippen LogP contribution in [0.4, 0.5) is 5.13 Å². The SMILES string of the molecule is CC(C)CN(CC(=O)Nc1nc(CC(=O)O)cs1)C(C)C. The van der Waals surface area contributed by atoms with Gasteiger partial charge in [0.1, 0.15) is 0 Å². The van der Waals surface area contributed by atoms with Crippen molar-refractivity contribution in [1.29, 1.82) is 0 Å². The van der Waals surface area contributed by atoms with Gasteiger partial charge in [0.05, 0.1) is 18.7 Å². The highest BCUT2D eigenvalue weighted by atomic mass is 32.1. The predicted molar refractivity (Wildman–Crippen MR) is 83.6 cm³/mol. The molecule has 118 valence electrons. The zero-order chi connectivity index (χ0) is 16.0. The van der Waals surface area contributed by atoms with Crippen LogP contribution in [-0.4, -0.2) is 46.0 Å². The number of carboxylic acid groups (broad SMARTS) is 1. The first kappa shape index (κ1) is 17.6. The smallest absolute Gasteiger partial charge is 0.309 e. The third-order valence-electron chi connectivity index (χ3n) is 2.81. The molecule has 6 nitrogen and oxygen atoms in total. The highest BCUT2D eigenvalue weighted by molar-refractivity contribution is 7.13. The molecule has 0 saturated carbocycles. The van der Waals surface area contributed by atoms with Gasteiger partial charge in [-0.2, -0.15) is 0 Å². The minimum absolute atomic E-state index is 0.124. The number of carbonyl (C=O) groups excluding carboxylic acids is 1. The summed E-state index contributed by atoms with van der Waals surface area (Å²) in [4.78, 5) is 28.8. The lowest BCUT2D eigenvalue weighted by molar-refractivity contribution is -0.136. The first-order chi connectivity index (χ1) is 9.77. The maximum absolute atomic E-state index is 12.0. The summed E-state index contributed by atoms with van der Waals surface area (Å²) >= 11 is 1.24. The molecule has 0 fully saturated rings. The van der Waals surface area contributed by atoms with Crippen LogP contribution in [-0.2, 0) is 16.0 Å². The Morgan fingerprint density at radius 1 is 1.38 bits per heavy atom. The number of amides is 1. The normalized spacial score (nSPS) is 11.4. The molecule has 1 rings (SSSR count). The maximum atomic E-state index is 12.0. The van der Waals surface area contributed by atoms with Gasteiger partial charge in [0.15, 0.2) is 5.13 Å². The third-order valence-corrected chi connectivity index (χ3v) is 3.61. The fourth-order valence-corrected chi connectivity index (χ4v) is 2.60. The molecule has 0 bridgehead atoms. The summed E-state index contributed by atoms with van der Waals surface area (Å²) < 4.78 is 0. The molecular formula is C14H23N3O3S. The molecule has 21 heavy (non-hydrogen) atoms. The van der Waals surface area contributed by atoms with Crippen molar-refractivity contribution < 1.29 is 14.7 Å². The second-order valence-electron chi connectivity index (χ2n) is 5.68. The van der Waals surface area contributed by atoms with Gasteiger partial charge in [-0.1, -0.05) is 13.8 Å². The fraction of sp³-hybridized carbons (Fsp3) is 0.643. The Kier molecular flexibility index (Phi) is 6.77. The van der Waals surface area contributed by atoms with Crippen LogP contribution in [0.2, 0.25) is 0 Å². The number of carbonyl (C=O) groups is 2. The van der Waals surface area contributed by atoms with Crippen LogP contribution in [0.15, 0.2) is 5.38 Å². The maximum Gasteiger partial charge on any atom is 0.309 e. The van der Waals surface area contributed by atoms with Gasteiger partial charge in [-0.3, -0.25) is 14.5 Å². The van der Waals surface area contributed by atoms with Gasteiger partial charge in [-0.15, -0.1) is 11.3 Å². The zero-order valence-corrected chi connectivity index (χ0v) is 13.7. The van der Waals surface area contributed by atoms with Crippen molar-refractivity contribution in [2.75, 3.05) is 18.4 Å². The third kappa shape index (κ3) is 6.68. The van der Waals surface area contributed by atoms with Crippen LogP contribution >= 0.6 is 11.3 Å². The van der Waals surface area contributed by atoms with Crippen LogP contribution in [0, 0.1) is 5.92 Å². The van der Waals surface area contributed by atoms with Crippen LogP contribution in [0.5, 0.6) is 0 Å². The number of hydrogen-bond donors (Lipinski definition) is 2. The quantitative estimate of drug-likeness (QED) is 0.768. The molecule has 0 unspecified atom stereocenters. The van der Waals surface area contributed by atoms with Crippen LogP contribution in [0.1, 0.15) is 33.4 Å². The zero-order valence-electron chi connectivity index (χ0n) is 12.9. The van der Waals surface area contributed by atoms with E-state index in [0.29, 0.717) is 23.3 Å². The summed E-state index contributed by atoms with van der Waals surface area (Å²) in [6.45, 7) is 9.52. The Labute approximate surface area is 129 Å². The molecule has 1 amide bonds. The number of hydrogen-bond acceptors (Lipinski definition) is 5. The van der Waals surface area contributed by atoms with Crippen molar-refractivity contribution in [3.05, 3.63) is 11.1 Å². The van der Waals surface area contributed by atoms with Gasteiger partial charge in [0.25, 0.3) is 0 Å². The van der Waals surface area contributed by atoms with E-state index in [2.05, 4.69) is 42.9 Å². The lowest BCUT2D eigenvalue weighted by Gasteiger charge is -2.27. The molecule has 2 N–H and O–H groups in total.